The highest BCUT2D eigenvalue weighted by Crippen LogP contribution is 2.40. The lowest BCUT2D eigenvalue weighted by molar-refractivity contribution is 0.658. The molecule has 0 amide bonds. The molecular weight excluding hydrogens is 262 g/mol. The highest BCUT2D eigenvalue weighted by Gasteiger charge is 2.30. The minimum atomic E-state index is 0.584. The fraction of sp³-hybridized carbons (Fsp3) is 0.688. The van der Waals surface area contributed by atoms with Crippen molar-refractivity contribution in [3.8, 4) is 11.5 Å². The molecule has 0 spiro atoms. The van der Waals surface area contributed by atoms with Crippen LogP contribution in [0.5, 0.6) is 0 Å². The van der Waals surface area contributed by atoms with Gasteiger partial charge in [-0.2, -0.15) is 0 Å². The number of anilines is 1. The summed E-state index contributed by atoms with van der Waals surface area (Å²) >= 11 is 0. The monoisotopic (exact) mass is 287 g/mol. The molecule has 1 fully saturated rings. The molecule has 0 radical (unpaired) electrons. The van der Waals surface area contributed by atoms with Crippen LogP contribution in [-0.4, -0.2) is 26.1 Å². The Morgan fingerprint density at radius 2 is 2.05 bits per heavy atom. The number of nitrogens with zero attached hydrogens (tertiary/aromatic N) is 4. The van der Waals surface area contributed by atoms with Gasteiger partial charge in [-0.1, -0.05) is 26.7 Å². The summed E-state index contributed by atoms with van der Waals surface area (Å²) in [4.78, 5) is 14.1. The van der Waals surface area contributed by atoms with Crippen LogP contribution in [0, 0.1) is 0 Å². The van der Waals surface area contributed by atoms with Gasteiger partial charge in [-0.05, 0) is 25.7 Å². The van der Waals surface area contributed by atoms with Crippen molar-refractivity contribution in [1.82, 2.24) is 19.5 Å². The number of aryl methyl sites for hydroxylation is 1. The quantitative estimate of drug-likeness (QED) is 0.753. The van der Waals surface area contributed by atoms with E-state index in [1.807, 2.05) is 6.33 Å². The molecule has 1 saturated carbocycles. The van der Waals surface area contributed by atoms with Crippen molar-refractivity contribution in [2.45, 2.75) is 64.8 Å². The summed E-state index contributed by atoms with van der Waals surface area (Å²) in [5, 5.41) is 3.44. The minimum Gasteiger partial charge on any atom is -0.368 e. The van der Waals surface area contributed by atoms with E-state index in [0.717, 1.165) is 42.7 Å². The largest absolute Gasteiger partial charge is 0.368 e. The Morgan fingerprint density at radius 1 is 1.19 bits per heavy atom. The maximum Gasteiger partial charge on any atom is 0.165 e. The summed E-state index contributed by atoms with van der Waals surface area (Å²) in [6.07, 6.45) is 9.10. The van der Waals surface area contributed by atoms with Gasteiger partial charge < -0.3 is 9.88 Å². The Bertz CT molecular complexity index is 558. The molecule has 2 aliphatic heterocycles. The van der Waals surface area contributed by atoms with Gasteiger partial charge >= 0.3 is 0 Å². The first kappa shape index (κ1) is 14.3. The lowest BCUT2D eigenvalue weighted by Crippen LogP contribution is -2.11. The third kappa shape index (κ3) is 3.17. The van der Waals surface area contributed by atoms with Crippen LogP contribution in [-0.2, 0) is 6.54 Å². The molecule has 0 saturated heterocycles. The zero-order chi connectivity index (χ0) is 14.7. The molecule has 2 heterocycles. The number of nitrogens with one attached hydrogen (secondary N) is 1. The van der Waals surface area contributed by atoms with E-state index in [9.17, 15) is 0 Å². The maximum absolute atomic E-state index is 4.77. The summed E-state index contributed by atoms with van der Waals surface area (Å²) in [5.74, 6) is 3.49. The van der Waals surface area contributed by atoms with Gasteiger partial charge in [-0.3, -0.25) is 0 Å². The zero-order valence-electron chi connectivity index (χ0n) is 13.1. The second kappa shape index (κ2) is 6.41. The number of hydrogen-bond acceptors (Lipinski definition) is 4. The molecule has 3 aliphatic rings. The molecule has 0 aromatic rings. The van der Waals surface area contributed by atoms with E-state index in [-0.39, 0.29) is 0 Å². The van der Waals surface area contributed by atoms with Gasteiger partial charge in [0.2, 0.25) is 0 Å². The van der Waals surface area contributed by atoms with E-state index in [2.05, 4.69) is 28.7 Å². The highest BCUT2D eigenvalue weighted by molar-refractivity contribution is 5.67. The molecule has 1 N–H and O–H groups in total. The average Bonchev–Trinajstić information content (AvgIpc) is 3.24. The molecule has 5 heteroatoms. The van der Waals surface area contributed by atoms with Crippen LogP contribution in [0.15, 0.2) is 6.33 Å². The van der Waals surface area contributed by atoms with Crippen LogP contribution < -0.4 is 5.32 Å². The molecule has 0 unspecified atom stereocenters. The Kier molecular flexibility index (Phi) is 4.36. The number of aromatic nitrogens is 4. The number of hydrogen-bond donors (Lipinski definition) is 1. The lowest BCUT2D eigenvalue weighted by atomic mass is 10.2. The van der Waals surface area contributed by atoms with E-state index in [1.165, 1.54) is 32.1 Å². The van der Waals surface area contributed by atoms with Crippen LogP contribution in [0.4, 0.5) is 5.82 Å². The number of imidazole rings is 1. The van der Waals surface area contributed by atoms with Crippen molar-refractivity contribution in [3.63, 3.8) is 0 Å². The summed E-state index contributed by atoms with van der Waals surface area (Å²) < 4.78 is 2.13. The van der Waals surface area contributed by atoms with E-state index >= 15 is 0 Å². The Hall–Kier alpha value is -1.65. The van der Waals surface area contributed by atoms with Gasteiger partial charge in [-0.25, -0.2) is 15.0 Å². The van der Waals surface area contributed by atoms with Crippen molar-refractivity contribution < 1.29 is 0 Å². The minimum absolute atomic E-state index is 0.584. The zero-order valence-corrected chi connectivity index (χ0v) is 13.1. The highest BCUT2D eigenvalue weighted by atomic mass is 15.2. The summed E-state index contributed by atoms with van der Waals surface area (Å²) in [6, 6.07) is 0. The first-order valence-corrected chi connectivity index (χ1v) is 8.30. The molecular formula is C16H25N5. The average molecular weight is 287 g/mol. The predicted octanol–water partition coefficient (Wildman–Crippen LogP) is 3.67. The van der Waals surface area contributed by atoms with Gasteiger partial charge in [0.15, 0.2) is 17.3 Å². The Morgan fingerprint density at radius 3 is 2.76 bits per heavy atom. The topological polar surface area (TPSA) is 55.6 Å². The van der Waals surface area contributed by atoms with Crippen molar-refractivity contribution >= 4 is 5.82 Å². The first-order valence-electron chi connectivity index (χ1n) is 8.30. The normalized spacial score (nSPS) is 14.8. The van der Waals surface area contributed by atoms with Crippen molar-refractivity contribution in [2.24, 2.45) is 0 Å². The lowest BCUT2D eigenvalue weighted by Gasteiger charge is -2.13. The van der Waals surface area contributed by atoms with Crippen LogP contribution in [0.25, 0.3) is 11.5 Å². The SMILES string of the molecule is CCCCCNc1ncn(CCC)c2nc(C3CC3)nc1-2. The summed E-state index contributed by atoms with van der Waals surface area (Å²) in [7, 11) is 0. The number of unbranched alkanes of at least 4 members (excludes halogenated alkanes) is 2. The van der Waals surface area contributed by atoms with Crippen LogP contribution in [0.1, 0.15) is 64.1 Å². The first-order chi connectivity index (χ1) is 10.3. The number of rotatable bonds is 8. The third-order valence-corrected chi connectivity index (χ3v) is 3.96. The molecule has 5 nitrogen and oxygen atoms in total. The smallest absolute Gasteiger partial charge is 0.165 e. The molecule has 1 aliphatic carbocycles. The molecule has 3 rings (SSSR count). The molecule has 21 heavy (non-hydrogen) atoms. The fourth-order valence-corrected chi connectivity index (χ4v) is 2.59. The van der Waals surface area contributed by atoms with E-state index in [1.54, 1.807) is 0 Å². The predicted molar refractivity (Wildman–Crippen MR) is 84.7 cm³/mol. The van der Waals surface area contributed by atoms with Crippen LogP contribution in [0.2, 0.25) is 0 Å². The van der Waals surface area contributed by atoms with Gasteiger partial charge in [-0.15, -0.1) is 0 Å². The summed E-state index contributed by atoms with van der Waals surface area (Å²) in [5.41, 5.74) is 0.948. The van der Waals surface area contributed by atoms with E-state index < -0.39 is 0 Å². The van der Waals surface area contributed by atoms with Crippen LogP contribution >= 0.6 is 0 Å². The van der Waals surface area contributed by atoms with Gasteiger partial charge in [0.1, 0.15) is 5.82 Å². The maximum atomic E-state index is 4.77. The molecule has 114 valence electrons. The second-order valence-electron chi connectivity index (χ2n) is 5.95. The van der Waals surface area contributed by atoms with Gasteiger partial charge in [0, 0.05) is 19.0 Å². The van der Waals surface area contributed by atoms with Crippen molar-refractivity contribution in [3.05, 3.63) is 12.2 Å². The standard InChI is InChI=1S/C16H25N5/c1-3-5-6-9-17-15-13-16(21(10-4-2)11-18-15)20-14(19-13)12-7-8-12/h11-12,17H,3-10H2,1-2H3. The molecule has 0 aromatic heterocycles. The Labute approximate surface area is 126 Å². The molecule has 0 aromatic carbocycles. The van der Waals surface area contributed by atoms with Gasteiger partial charge in [0.05, 0.1) is 6.33 Å². The molecule has 0 bridgehead atoms. The molecule has 0 atom stereocenters. The van der Waals surface area contributed by atoms with Crippen molar-refractivity contribution in [1.29, 1.82) is 0 Å². The van der Waals surface area contributed by atoms with E-state index in [4.69, 9.17) is 9.97 Å². The fourth-order valence-electron chi connectivity index (χ4n) is 2.59. The number of fused-ring (bicyclic) bond motifs is 1. The Balaban J connectivity index is 1.84. The summed E-state index contributed by atoms with van der Waals surface area (Å²) in [6.45, 7) is 6.30. The van der Waals surface area contributed by atoms with E-state index in [0.29, 0.717) is 5.92 Å². The van der Waals surface area contributed by atoms with Gasteiger partial charge in [0.25, 0.3) is 0 Å². The van der Waals surface area contributed by atoms with Crippen molar-refractivity contribution in [2.75, 3.05) is 11.9 Å². The third-order valence-electron chi connectivity index (χ3n) is 3.96. The van der Waals surface area contributed by atoms with Crippen LogP contribution in [0.3, 0.4) is 0 Å². The second-order valence-corrected chi connectivity index (χ2v) is 5.95.